The summed E-state index contributed by atoms with van der Waals surface area (Å²) in [5, 5.41) is 3.25. The van der Waals surface area contributed by atoms with Gasteiger partial charge in [0.1, 0.15) is 6.04 Å². The van der Waals surface area contributed by atoms with E-state index >= 15 is 0 Å². The minimum absolute atomic E-state index is 0.122. The van der Waals surface area contributed by atoms with Crippen LogP contribution in [0.15, 0.2) is 24.3 Å². The number of carbonyl (C=O) groups excluding carboxylic acids is 1. The first-order chi connectivity index (χ1) is 8.84. The Morgan fingerprint density at radius 2 is 2.17 bits per heavy atom. The number of fused-ring (bicyclic) bond motifs is 1. The van der Waals surface area contributed by atoms with Crippen LogP contribution in [0, 0.1) is 5.92 Å². The molecule has 1 heterocycles. The van der Waals surface area contributed by atoms with Crippen LogP contribution < -0.4 is 5.32 Å². The van der Waals surface area contributed by atoms with Crippen LogP contribution in [0.3, 0.4) is 0 Å². The Hall–Kier alpha value is -1.35. The van der Waals surface area contributed by atoms with Crippen LogP contribution in [0.2, 0.25) is 0 Å². The average molecular weight is 245 g/mol. The number of ether oxygens (including phenoxy) is 1. The predicted octanol–water partition coefficient (Wildman–Crippen LogP) is 2.22. The molecule has 0 radical (unpaired) electrons. The van der Waals surface area contributed by atoms with Gasteiger partial charge >= 0.3 is 5.97 Å². The minimum Gasteiger partial charge on any atom is -0.464 e. The highest BCUT2D eigenvalue weighted by Crippen LogP contribution is 2.32. The fourth-order valence-electron chi connectivity index (χ4n) is 2.53. The molecule has 3 heteroatoms. The largest absolute Gasteiger partial charge is 0.464 e. The van der Waals surface area contributed by atoms with Gasteiger partial charge in [0.05, 0.1) is 6.61 Å². The quantitative estimate of drug-likeness (QED) is 0.827. The first kappa shape index (κ1) is 11.7. The van der Waals surface area contributed by atoms with E-state index < -0.39 is 0 Å². The molecular formula is C15H19NO2. The molecule has 1 saturated carbocycles. The second kappa shape index (κ2) is 5.11. The van der Waals surface area contributed by atoms with Gasteiger partial charge < -0.3 is 10.1 Å². The van der Waals surface area contributed by atoms with Gasteiger partial charge in [0, 0.05) is 6.54 Å². The van der Waals surface area contributed by atoms with Crippen LogP contribution in [0.4, 0.5) is 0 Å². The summed E-state index contributed by atoms with van der Waals surface area (Å²) in [4.78, 5) is 12.1. The monoisotopic (exact) mass is 245 g/mol. The molecule has 1 unspecified atom stereocenters. The number of nitrogens with one attached hydrogen (secondary N) is 1. The molecule has 1 atom stereocenters. The van der Waals surface area contributed by atoms with Gasteiger partial charge in [-0.25, -0.2) is 4.79 Å². The Bertz CT molecular complexity index is 440. The van der Waals surface area contributed by atoms with E-state index in [0.29, 0.717) is 6.61 Å². The molecule has 0 spiro atoms. The van der Waals surface area contributed by atoms with Crippen LogP contribution in [0.25, 0.3) is 0 Å². The lowest BCUT2D eigenvalue weighted by Gasteiger charge is -2.25. The summed E-state index contributed by atoms with van der Waals surface area (Å²) in [6.45, 7) is 1.42. The van der Waals surface area contributed by atoms with Crippen molar-refractivity contribution in [2.45, 2.75) is 31.7 Å². The van der Waals surface area contributed by atoms with Crippen molar-refractivity contribution in [2.75, 3.05) is 13.2 Å². The van der Waals surface area contributed by atoms with E-state index in [1.54, 1.807) is 0 Å². The predicted molar refractivity (Wildman–Crippen MR) is 69.2 cm³/mol. The molecule has 1 N–H and O–H groups in total. The standard InChI is InChI=1S/C15H19NO2/c17-15(18-10-8-11-5-6-11)14-13-4-2-1-3-12(13)7-9-16-14/h1-4,11,14,16H,5-10H2. The summed E-state index contributed by atoms with van der Waals surface area (Å²) in [6.07, 6.45) is 4.63. The fraction of sp³-hybridized carbons (Fsp3) is 0.533. The molecular weight excluding hydrogens is 226 g/mol. The molecule has 1 aliphatic heterocycles. The third-order valence-corrected chi connectivity index (χ3v) is 3.81. The lowest BCUT2D eigenvalue weighted by molar-refractivity contribution is -0.146. The van der Waals surface area contributed by atoms with Crippen molar-refractivity contribution in [3.05, 3.63) is 35.4 Å². The highest BCUT2D eigenvalue weighted by molar-refractivity contribution is 5.78. The Labute approximate surface area is 108 Å². The molecule has 1 fully saturated rings. The smallest absolute Gasteiger partial charge is 0.327 e. The summed E-state index contributed by atoms with van der Waals surface area (Å²) >= 11 is 0. The van der Waals surface area contributed by atoms with E-state index in [-0.39, 0.29) is 12.0 Å². The van der Waals surface area contributed by atoms with Crippen molar-refractivity contribution in [1.82, 2.24) is 5.32 Å². The molecule has 2 aliphatic rings. The van der Waals surface area contributed by atoms with Crippen LogP contribution in [-0.4, -0.2) is 19.1 Å². The number of hydrogen-bond donors (Lipinski definition) is 1. The zero-order valence-electron chi connectivity index (χ0n) is 10.5. The Morgan fingerprint density at radius 3 is 3.00 bits per heavy atom. The maximum absolute atomic E-state index is 12.1. The third kappa shape index (κ3) is 2.56. The summed E-state index contributed by atoms with van der Waals surface area (Å²) in [6, 6.07) is 7.86. The van der Waals surface area contributed by atoms with Gasteiger partial charge in [0.15, 0.2) is 0 Å². The maximum atomic E-state index is 12.1. The third-order valence-electron chi connectivity index (χ3n) is 3.81. The van der Waals surface area contributed by atoms with E-state index in [1.807, 2.05) is 18.2 Å². The highest BCUT2D eigenvalue weighted by Gasteiger charge is 2.27. The highest BCUT2D eigenvalue weighted by atomic mass is 16.5. The van der Waals surface area contributed by atoms with E-state index in [2.05, 4.69) is 11.4 Å². The van der Waals surface area contributed by atoms with Crippen molar-refractivity contribution >= 4 is 5.97 Å². The first-order valence-electron chi connectivity index (χ1n) is 6.82. The van der Waals surface area contributed by atoms with Crippen molar-refractivity contribution in [3.8, 4) is 0 Å². The molecule has 3 nitrogen and oxygen atoms in total. The Morgan fingerprint density at radius 1 is 1.33 bits per heavy atom. The van der Waals surface area contributed by atoms with E-state index in [9.17, 15) is 4.79 Å². The summed E-state index contributed by atoms with van der Waals surface area (Å²) < 4.78 is 5.39. The molecule has 0 saturated heterocycles. The number of rotatable bonds is 4. The average Bonchev–Trinajstić information content (AvgIpc) is 3.22. The lowest BCUT2D eigenvalue weighted by atomic mass is 9.94. The maximum Gasteiger partial charge on any atom is 0.327 e. The van der Waals surface area contributed by atoms with Gasteiger partial charge in [-0.05, 0) is 29.9 Å². The van der Waals surface area contributed by atoms with Gasteiger partial charge in [0.25, 0.3) is 0 Å². The Balaban J connectivity index is 1.62. The zero-order chi connectivity index (χ0) is 12.4. The van der Waals surface area contributed by atoms with Gasteiger partial charge in [0.2, 0.25) is 0 Å². The van der Waals surface area contributed by atoms with E-state index in [4.69, 9.17) is 4.74 Å². The fourth-order valence-corrected chi connectivity index (χ4v) is 2.53. The van der Waals surface area contributed by atoms with Crippen LogP contribution in [-0.2, 0) is 16.0 Å². The van der Waals surface area contributed by atoms with Crippen LogP contribution >= 0.6 is 0 Å². The number of hydrogen-bond acceptors (Lipinski definition) is 3. The molecule has 0 aromatic heterocycles. The second-order valence-electron chi connectivity index (χ2n) is 5.24. The minimum atomic E-state index is -0.269. The normalized spacial score (nSPS) is 22.3. The molecule has 96 valence electrons. The molecule has 0 amide bonds. The van der Waals surface area contributed by atoms with E-state index in [1.165, 1.54) is 18.4 Å². The number of carbonyl (C=O) groups is 1. The summed E-state index contributed by atoms with van der Waals surface area (Å²) in [7, 11) is 0. The summed E-state index contributed by atoms with van der Waals surface area (Å²) in [5.41, 5.74) is 2.35. The van der Waals surface area contributed by atoms with Crippen LogP contribution in [0.1, 0.15) is 36.4 Å². The SMILES string of the molecule is O=C(OCCC1CC1)C1NCCc2ccccc21. The summed E-state index contributed by atoms with van der Waals surface area (Å²) in [5.74, 6) is 0.687. The number of esters is 1. The van der Waals surface area contributed by atoms with Crippen molar-refractivity contribution in [1.29, 1.82) is 0 Å². The molecule has 18 heavy (non-hydrogen) atoms. The van der Waals surface area contributed by atoms with Gasteiger partial charge in [-0.15, -0.1) is 0 Å². The van der Waals surface area contributed by atoms with Crippen LogP contribution in [0.5, 0.6) is 0 Å². The van der Waals surface area contributed by atoms with Gasteiger partial charge in [-0.1, -0.05) is 37.1 Å². The first-order valence-corrected chi connectivity index (χ1v) is 6.82. The molecule has 1 aromatic rings. The van der Waals surface area contributed by atoms with Gasteiger partial charge in [-0.3, -0.25) is 0 Å². The topological polar surface area (TPSA) is 38.3 Å². The lowest BCUT2D eigenvalue weighted by Crippen LogP contribution is -2.36. The van der Waals surface area contributed by atoms with Crippen molar-refractivity contribution in [2.24, 2.45) is 5.92 Å². The second-order valence-corrected chi connectivity index (χ2v) is 5.24. The molecule has 3 rings (SSSR count). The number of benzene rings is 1. The Kier molecular flexibility index (Phi) is 3.33. The van der Waals surface area contributed by atoms with Crippen molar-refractivity contribution < 1.29 is 9.53 Å². The van der Waals surface area contributed by atoms with Crippen molar-refractivity contribution in [3.63, 3.8) is 0 Å². The molecule has 0 bridgehead atoms. The van der Waals surface area contributed by atoms with E-state index in [0.717, 1.165) is 30.9 Å². The molecule has 1 aliphatic carbocycles. The zero-order valence-corrected chi connectivity index (χ0v) is 10.5. The molecule has 1 aromatic carbocycles. The van der Waals surface area contributed by atoms with Gasteiger partial charge in [-0.2, -0.15) is 0 Å².